The zero-order chi connectivity index (χ0) is 12.8. The van der Waals surface area contributed by atoms with Gasteiger partial charge in [-0.1, -0.05) is 22.9 Å². The van der Waals surface area contributed by atoms with Crippen LogP contribution in [0.25, 0.3) is 0 Å². The number of ketones is 1. The molecule has 0 aliphatic rings. The third kappa shape index (κ3) is 10.1. The SMILES string of the molecule is CC(Br)CCCC(=O)CC(=O)OC(C)(C)C. The summed E-state index contributed by atoms with van der Waals surface area (Å²) >= 11 is 3.41. The molecule has 0 spiro atoms. The Bertz CT molecular complexity index is 241. The summed E-state index contributed by atoms with van der Waals surface area (Å²) in [4.78, 5) is 23.1. The maximum absolute atomic E-state index is 11.4. The third-order valence-corrected chi connectivity index (χ3v) is 2.28. The Morgan fingerprint density at radius 1 is 1.31 bits per heavy atom. The van der Waals surface area contributed by atoms with E-state index in [9.17, 15) is 9.59 Å². The van der Waals surface area contributed by atoms with E-state index in [2.05, 4.69) is 15.9 Å². The molecule has 0 saturated carbocycles. The van der Waals surface area contributed by atoms with Crippen molar-refractivity contribution in [2.45, 2.75) is 63.8 Å². The van der Waals surface area contributed by atoms with Crippen LogP contribution < -0.4 is 0 Å². The van der Waals surface area contributed by atoms with Crippen molar-refractivity contribution in [3.63, 3.8) is 0 Å². The van der Waals surface area contributed by atoms with Crippen LogP contribution in [-0.4, -0.2) is 22.2 Å². The highest BCUT2D eigenvalue weighted by atomic mass is 79.9. The van der Waals surface area contributed by atoms with Gasteiger partial charge in [0.2, 0.25) is 0 Å². The normalized spacial score (nSPS) is 13.3. The van der Waals surface area contributed by atoms with Crippen LogP contribution in [0.3, 0.4) is 0 Å². The van der Waals surface area contributed by atoms with Crippen LogP contribution in [0.4, 0.5) is 0 Å². The lowest BCUT2D eigenvalue weighted by Crippen LogP contribution is -2.25. The lowest BCUT2D eigenvalue weighted by atomic mass is 10.1. The number of alkyl halides is 1. The molecule has 1 unspecified atom stereocenters. The van der Waals surface area contributed by atoms with Crippen molar-refractivity contribution < 1.29 is 14.3 Å². The highest BCUT2D eigenvalue weighted by Gasteiger charge is 2.18. The van der Waals surface area contributed by atoms with Gasteiger partial charge in [0.25, 0.3) is 0 Å². The van der Waals surface area contributed by atoms with Crippen molar-refractivity contribution in [1.29, 1.82) is 0 Å². The van der Waals surface area contributed by atoms with E-state index in [4.69, 9.17) is 4.74 Å². The lowest BCUT2D eigenvalue weighted by molar-refractivity contribution is -0.156. The summed E-state index contributed by atoms with van der Waals surface area (Å²) in [6, 6.07) is 0. The second kappa shape index (κ2) is 7.05. The maximum atomic E-state index is 11.4. The number of rotatable bonds is 6. The van der Waals surface area contributed by atoms with Gasteiger partial charge >= 0.3 is 5.97 Å². The number of Topliss-reactive ketones (excluding diaryl/α,β-unsaturated/α-hetero) is 1. The fourth-order valence-electron chi connectivity index (χ4n) is 1.21. The van der Waals surface area contributed by atoms with E-state index < -0.39 is 11.6 Å². The topological polar surface area (TPSA) is 43.4 Å². The zero-order valence-corrected chi connectivity index (χ0v) is 12.1. The van der Waals surface area contributed by atoms with Crippen LogP contribution >= 0.6 is 15.9 Å². The summed E-state index contributed by atoms with van der Waals surface area (Å²) in [5.41, 5.74) is -0.512. The molecule has 4 heteroatoms. The number of carbonyl (C=O) groups is 2. The molecular weight excluding hydrogens is 272 g/mol. The Balaban J connectivity index is 3.75. The van der Waals surface area contributed by atoms with Crippen LogP contribution in [0.1, 0.15) is 53.4 Å². The molecule has 3 nitrogen and oxygen atoms in total. The predicted molar refractivity (Wildman–Crippen MR) is 67.7 cm³/mol. The third-order valence-electron chi connectivity index (χ3n) is 1.82. The Kier molecular flexibility index (Phi) is 6.88. The van der Waals surface area contributed by atoms with E-state index in [1.54, 1.807) is 20.8 Å². The summed E-state index contributed by atoms with van der Waals surface area (Å²) in [6.45, 7) is 7.42. The standard InChI is InChI=1S/C12H21BrO3/c1-9(13)6-5-7-10(14)8-11(15)16-12(2,3)4/h9H,5-8H2,1-4H3. The largest absolute Gasteiger partial charge is 0.460 e. The number of hydrogen-bond acceptors (Lipinski definition) is 3. The van der Waals surface area contributed by atoms with Crippen molar-refractivity contribution in [3.05, 3.63) is 0 Å². The molecule has 0 fully saturated rings. The second-order valence-electron chi connectivity index (χ2n) is 4.97. The summed E-state index contributed by atoms with van der Waals surface area (Å²) in [6.07, 6.45) is 2.11. The van der Waals surface area contributed by atoms with Gasteiger partial charge in [0.05, 0.1) is 0 Å². The van der Waals surface area contributed by atoms with Gasteiger partial charge in [0.15, 0.2) is 0 Å². The molecule has 0 rings (SSSR count). The van der Waals surface area contributed by atoms with Gasteiger partial charge < -0.3 is 4.74 Å². The number of halogens is 1. The summed E-state index contributed by atoms with van der Waals surface area (Å²) < 4.78 is 5.07. The molecule has 16 heavy (non-hydrogen) atoms. The number of ether oxygens (including phenoxy) is 1. The first kappa shape index (κ1) is 15.6. The molecule has 0 bridgehead atoms. The first-order valence-corrected chi connectivity index (χ1v) is 6.50. The van der Waals surface area contributed by atoms with Crippen molar-refractivity contribution in [2.75, 3.05) is 0 Å². The quantitative estimate of drug-likeness (QED) is 0.429. The van der Waals surface area contributed by atoms with E-state index in [1.165, 1.54) is 0 Å². The molecular formula is C12H21BrO3. The lowest BCUT2D eigenvalue weighted by Gasteiger charge is -2.19. The smallest absolute Gasteiger partial charge is 0.313 e. The van der Waals surface area contributed by atoms with Gasteiger partial charge in [-0.3, -0.25) is 9.59 Å². The second-order valence-corrected chi connectivity index (χ2v) is 6.54. The summed E-state index contributed by atoms with van der Waals surface area (Å²) in [5.74, 6) is -0.466. The molecule has 0 radical (unpaired) electrons. The van der Waals surface area contributed by atoms with Gasteiger partial charge in [-0.25, -0.2) is 0 Å². The van der Waals surface area contributed by atoms with Crippen molar-refractivity contribution >= 4 is 27.7 Å². The van der Waals surface area contributed by atoms with Crippen molar-refractivity contribution in [1.82, 2.24) is 0 Å². The Labute approximate surface area is 106 Å². The van der Waals surface area contributed by atoms with Crippen LogP contribution in [0.15, 0.2) is 0 Å². The minimum atomic E-state index is -0.512. The van der Waals surface area contributed by atoms with Gasteiger partial charge in [0, 0.05) is 11.2 Å². The molecule has 94 valence electrons. The Hall–Kier alpha value is -0.380. The molecule has 0 aromatic carbocycles. The minimum absolute atomic E-state index is 0.0394. The molecule has 0 N–H and O–H groups in total. The zero-order valence-electron chi connectivity index (χ0n) is 10.5. The summed E-state index contributed by atoms with van der Waals surface area (Å²) in [5, 5.41) is 0. The van der Waals surface area contributed by atoms with E-state index >= 15 is 0 Å². The molecule has 0 aromatic heterocycles. The molecule has 0 aromatic rings. The van der Waals surface area contributed by atoms with E-state index in [0.29, 0.717) is 11.2 Å². The average Bonchev–Trinajstić information content (AvgIpc) is 1.98. The van der Waals surface area contributed by atoms with E-state index in [-0.39, 0.29) is 12.2 Å². The maximum Gasteiger partial charge on any atom is 0.313 e. The monoisotopic (exact) mass is 292 g/mol. The summed E-state index contributed by atoms with van der Waals surface area (Å²) in [7, 11) is 0. The van der Waals surface area contributed by atoms with Gasteiger partial charge in [-0.15, -0.1) is 0 Å². The van der Waals surface area contributed by atoms with Gasteiger partial charge in [-0.05, 0) is 33.6 Å². The average molecular weight is 293 g/mol. The van der Waals surface area contributed by atoms with Gasteiger partial charge in [0.1, 0.15) is 17.8 Å². The van der Waals surface area contributed by atoms with E-state index in [1.807, 2.05) is 6.92 Å². The van der Waals surface area contributed by atoms with Crippen LogP contribution in [-0.2, 0) is 14.3 Å². The highest BCUT2D eigenvalue weighted by Crippen LogP contribution is 2.11. The Morgan fingerprint density at radius 3 is 2.31 bits per heavy atom. The first-order valence-electron chi connectivity index (χ1n) is 5.58. The van der Waals surface area contributed by atoms with Crippen LogP contribution in [0.5, 0.6) is 0 Å². The minimum Gasteiger partial charge on any atom is -0.460 e. The van der Waals surface area contributed by atoms with Crippen molar-refractivity contribution in [2.24, 2.45) is 0 Å². The number of carbonyl (C=O) groups excluding carboxylic acids is 2. The van der Waals surface area contributed by atoms with E-state index in [0.717, 1.165) is 12.8 Å². The molecule has 0 amide bonds. The van der Waals surface area contributed by atoms with Crippen LogP contribution in [0, 0.1) is 0 Å². The molecule has 1 atom stereocenters. The molecule has 0 aliphatic carbocycles. The Morgan fingerprint density at radius 2 is 1.88 bits per heavy atom. The van der Waals surface area contributed by atoms with Gasteiger partial charge in [-0.2, -0.15) is 0 Å². The van der Waals surface area contributed by atoms with Crippen molar-refractivity contribution in [3.8, 4) is 0 Å². The molecule has 0 saturated heterocycles. The highest BCUT2D eigenvalue weighted by molar-refractivity contribution is 9.09. The molecule has 0 heterocycles. The fraction of sp³-hybridized carbons (Fsp3) is 0.833. The predicted octanol–water partition coefficient (Wildman–Crippen LogP) is 3.24. The number of esters is 1. The first-order chi connectivity index (χ1) is 7.20. The fourth-order valence-corrected chi connectivity index (χ4v) is 1.53. The number of hydrogen-bond donors (Lipinski definition) is 0. The molecule has 0 aliphatic heterocycles. The van der Waals surface area contributed by atoms with Crippen LogP contribution in [0.2, 0.25) is 0 Å².